The first kappa shape index (κ1) is 17.1. The molecule has 132 valence electrons. The molecule has 3 aromatic rings. The molecule has 0 saturated heterocycles. The number of hydrazone groups is 1. The number of nitro benzene ring substituents is 1. The fraction of sp³-hybridized carbons (Fsp3) is 0.0588. The number of H-pyrrole nitrogens is 1. The number of hydrogen-bond donors (Lipinski definition) is 2. The van der Waals surface area contributed by atoms with E-state index in [0.717, 1.165) is 0 Å². The predicted octanol–water partition coefficient (Wildman–Crippen LogP) is 2.97. The third kappa shape index (κ3) is 3.51. The van der Waals surface area contributed by atoms with Gasteiger partial charge in [-0.3, -0.25) is 25.4 Å². The van der Waals surface area contributed by atoms with E-state index >= 15 is 0 Å². The molecule has 0 radical (unpaired) electrons. The first-order chi connectivity index (χ1) is 12.5. The number of nitrogens with one attached hydrogen (secondary N) is 2. The molecule has 0 aliphatic rings. The summed E-state index contributed by atoms with van der Waals surface area (Å²) in [5.74, 6) is -0.355. The molecule has 2 aromatic carbocycles. The molecule has 0 unspecified atom stereocenters. The van der Waals surface area contributed by atoms with Crippen molar-refractivity contribution in [1.82, 2.24) is 9.78 Å². The molecular formula is C17H14FN5O3. The Morgan fingerprint density at radius 1 is 1.19 bits per heavy atom. The van der Waals surface area contributed by atoms with Crippen LogP contribution in [0.3, 0.4) is 0 Å². The van der Waals surface area contributed by atoms with Gasteiger partial charge in [-0.25, -0.2) is 9.07 Å². The molecule has 3 rings (SSSR count). The minimum atomic E-state index is -0.508. The van der Waals surface area contributed by atoms with Crippen LogP contribution in [0.25, 0.3) is 5.69 Å². The lowest BCUT2D eigenvalue weighted by Gasteiger charge is -2.00. The Bertz CT molecular complexity index is 1020. The lowest BCUT2D eigenvalue weighted by Crippen LogP contribution is -2.17. The Kier molecular flexibility index (Phi) is 4.61. The van der Waals surface area contributed by atoms with Gasteiger partial charge in [0.05, 0.1) is 28.1 Å². The second-order valence-electron chi connectivity index (χ2n) is 5.44. The number of hydrogen-bond acceptors (Lipinski definition) is 5. The van der Waals surface area contributed by atoms with Crippen LogP contribution in [0.4, 0.5) is 15.8 Å². The smallest absolute Gasteiger partial charge is 0.280 e. The molecule has 2 N–H and O–H groups in total. The number of halogens is 1. The SMILES string of the molecule is Cc1[nH]n(-c2ccc([N+](=O)[O-])cc2)c(=O)c1/C=N/Nc1ccc(F)cc1. The van der Waals surface area contributed by atoms with Crippen LogP contribution in [0, 0.1) is 22.9 Å². The van der Waals surface area contributed by atoms with Crippen molar-refractivity contribution in [3.05, 3.63) is 86.1 Å². The highest BCUT2D eigenvalue weighted by atomic mass is 19.1. The highest BCUT2D eigenvalue weighted by molar-refractivity contribution is 5.81. The number of nitrogens with zero attached hydrogens (tertiary/aromatic N) is 3. The summed E-state index contributed by atoms with van der Waals surface area (Å²) in [6, 6.07) is 11.2. The van der Waals surface area contributed by atoms with Crippen molar-refractivity contribution in [3.8, 4) is 5.69 Å². The van der Waals surface area contributed by atoms with Crippen LogP contribution < -0.4 is 11.0 Å². The number of nitro groups is 1. The average Bonchev–Trinajstić information content (AvgIpc) is 2.91. The second-order valence-corrected chi connectivity index (χ2v) is 5.44. The molecule has 0 spiro atoms. The van der Waals surface area contributed by atoms with Gasteiger partial charge < -0.3 is 0 Å². The van der Waals surface area contributed by atoms with Crippen LogP contribution in [-0.4, -0.2) is 20.9 Å². The second kappa shape index (κ2) is 7.01. The number of non-ortho nitro benzene ring substituents is 1. The van der Waals surface area contributed by atoms with Gasteiger partial charge in [0.2, 0.25) is 0 Å². The Morgan fingerprint density at radius 3 is 2.46 bits per heavy atom. The van der Waals surface area contributed by atoms with Crippen LogP contribution in [0.15, 0.2) is 58.4 Å². The van der Waals surface area contributed by atoms with Gasteiger partial charge in [0.15, 0.2) is 0 Å². The summed E-state index contributed by atoms with van der Waals surface area (Å²) < 4.78 is 14.1. The maximum atomic E-state index is 12.9. The summed E-state index contributed by atoms with van der Waals surface area (Å²) >= 11 is 0. The van der Waals surface area contributed by atoms with Crippen LogP contribution in [0.1, 0.15) is 11.3 Å². The molecule has 8 nitrogen and oxygen atoms in total. The average molecular weight is 355 g/mol. The van der Waals surface area contributed by atoms with Gasteiger partial charge in [0, 0.05) is 17.8 Å². The van der Waals surface area contributed by atoms with E-state index in [2.05, 4.69) is 15.6 Å². The quantitative estimate of drug-likeness (QED) is 0.417. The Morgan fingerprint density at radius 2 is 1.85 bits per heavy atom. The highest BCUT2D eigenvalue weighted by Gasteiger charge is 2.12. The van der Waals surface area contributed by atoms with Crippen molar-refractivity contribution in [2.24, 2.45) is 5.10 Å². The van der Waals surface area contributed by atoms with Crippen LogP contribution in [0.5, 0.6) is 0 Å². The van der Waals surface area contributed by atoms with Crippen LogP contribution in [0.2, 0.25) is 0 Å². The van der Waals surface area contributed by atoms with Crippen LogP contribution >= 0.6 is 0 Å². The van der Waals surface area contributed by atoms with Gasteiger partial charge in [0.1, 0.15) is 5.82 Å². The van der Waals surface area contributed by atoms with Gasteiger partial charge in [0.25, 0.3) is 11.2 Å². The molecule has 0 amide bonds. The van der Waals surface area contributed by atoms with Crippen LogP contribution in [-0.2, 0) is 0 Å². The van der Waals surface area contributed by atoms with Gasteiger partial charge in [-0.2, -0.15) is 5.10 Å². The fourth-order valence-electron chi connectivity index (χ4n) is 2.31. The van der Waals surface area contributed by atoms with Crippen molar-refractivity contribution >= 4 is 17.6 Å². The van der Waals surface area contributed by atoms with E-state index in [4.69, 9.17) is 0 Å². The molecule has 0 aliphatic carbocycles. The van der Waals surface area contributed by atoms with Gasteiger partial charge in [-0.05, 0) is 43.3 Å². The number of aryl methyl sites for hydroxylation is 1. The third-order valence-electron chi connectivity index (χ3n) is 3.67. The molecule has 0 fully saturated rings. The minimum absolute atomic E-state index is 0.0599. The first-order valence-corrected chi connectivity index (χ1v) is 7.57. The maximum Gasteiger partial charge on any atom is 0.280 e. The van der Waals surface area contributed by atoms with Gasteiger partial charge in [-0.15, -0.1) is 0 Å². The molecule has 0 bridgehead atoms. The largest absolute Gasteiger partial charge is 0.295 e. The molecule has 0 aliphatic heterocycles. The van der Waals surface area contributed by atoms with E-state index in [0.29, 0.717) is 22.6 Å². The van der Waals surface area contributed by atoms with E-state index in [-0.39, 0.29) is 17.1 Å². The van der Waals surface area contributed by atoms with E-state index in [9.17, 15) is 19.3 Å². The zero-order valence-electron chi connectivity index (χ0n) is 13.6. The third-order valence-corrected chi connectivity index (χ3v) is 3.67. The highest BCUT2D eigenvalue weighted by Crippen LogP contribution is 2.14. The van der Waals surface area contributed by atoms with Crippen molar-refractivity contribution in [2.75, 3.05) is 5.43 Å². The fourth-order valence-corrected chi connectivity index (χ4v) is 2.31. The van der Waals surface area contributed by atoms with Gasteiger partial charge >= 0.3 is 0 Å². The molecule has 26 heavy (non-hydrogen) atoms. The molecule has 0 atom stereocenters. The molecule has 0 saturated carbocycles. The molecule has 9 heteroatoms. The van der Waals surface area contributed by atoms with E-state index in [1.54, 1.807) is 6.92 Å². The normalized spacial score (nSPS) is 11.0. The summed E-state index contributed by atoms with van der Waals surface area (Å²) in [6.07, 6.45) is 1.36. The van der Waals surface area contributed by atoms with E-state index in [1.165, 1.54) is 59.4 Å². The maximum absolute atomic E-state index is 12.9. The van der Waals surface area contributed by atoms with Gasteiger partial charge in [-0.1, -0.05) is 0 Å². The summed E-state index contributed by atoms with van der Waals surface area (Å²) in [5, 5.41) is 17.6. The monoisotopic (exact) mass is 355 g/mol. The zero-order chi connectivity index (χ0) is 18.7. The topological polar surface area (TPSA) is 105 Å². The molecule has 1 aromatic heterocycles. The van der Waals surface area contributed by atoms with E-state index < -0.39 is 4.92 Å². The minimum Gasteiger partial charge on any atom is -0.295 e. The lowest BCUT2D eigenvalue weighted by molar-refractivity contribution is -0.384. The summed E-state index contributed by atoms with van der Waals surface area (Å²) in [5.41, 5.74) is 4.26. The Labute approximate surface area is 146 Å². The summed E-state index contributed by atoms with van der Waals surface area (Å²) in [4.78, 5) is 22.7. The summed E-state index contributed by atoms with van der Waals surface area (Å²) in [7, 11) is 0. The Hall–Kier alpha value is -3.75. The zero-order valence-corrected chi connectivity index (χ0v) is 13.6. The van der Waals surface area contributed by atoms with Crippen molar-refractivity contribution < 1.29 is 9.31 Å². The Balaban J connectivity index is 1.83. The number of anilines is 1. The number of aromatic amines is 1. The number of benzene rings is 2. The standard InChI is InChI=1S/C17H14FN5O3/c1-11-16(10-19-20-13-4-2-12(18)3-5-13)17(24)22(21-11)14-6-8-15(9-7-14)23(25)26/h2-10,20-21H,1H3/b19-10+. The summed E-state index contributed by atoms with van der Waals surface area (Å²) in [6.45, 7) is 1.71. The van der Waals surface area contributed by atoms with Crippen molar-refractivity contribution in [2.45, 2.75) is 6.92 Å². The predicted molar refractivity (Wildman–Crippen MR) is 95.4 cm³/mol. The molecular weight excluding hydrogens is 341 g/mol. The van der Waals surface area contributed by atoms with Crippen molar-refractivity contribution in [1.29, 1.82) is 0 Å². The van der Waals surface area contributed by atoms with Crippen molar-refractivity contribution in [3.63, 3.8) is 0 Å². The first-order valence-electron chi connectivity index (χ1n) is 7.57. The van der Waals surface area contributed by atoms with E-state index in [1.807, 2.05) is 0 Å². The lowest BCUT2D eigenvalue weighted by atomic mass is 10.2. The molecule has 1 heterocycles. The number of rotatable bonds is 5. The number of aromatic nitrogens is 2.